The summed E-state index contributed by atoms with van der Waals surface area (Å²) in [6.45, 7) is 12.9. The Hall–Kier alpha value is -1.57. The Labute approximate surface area is 303 Å². The van der Waals surface area contributed by atoms with Crippen LogP contribution in [-0.4, -0.2) is 31.7 Å². The lowest BCUT2D eigenvalue weighted by Crippen LogP contribution is -2.27. The Morgan fingerprint density at radius 3 is 2.08 bits per heavy atom. The van der Waals surface area contributed by atoms with Crippen molar-refractivity contribution in [3.63, 3.8) is 0 Å². The summed E-state index contributed by atoms with van der Waals surface area (Å²) in [5, 5.41) is 14.3. The van der Waals surface area contributed by atoms with Crippen molar-refractivity contribution in [2.45, 2.75) is 130 Å². The first-order valence-electron chi connectivity index (χ1n) is 18.7. The molecule has 48 heavy (non-hydrogen) atoms. The first kappa shape index (κ1) is 42.6. The summed E-state index contributed by atoms with van der Waals surface area (Å²) in [5.74, 6) is 3.71. The van der Waals surface area contributed by atoms with E-state index in [4.69, 9.17) is 4.74 Å². The molecular formula is C42H67NO3S2. The summed E-state index contributed by atoms with van der Waals surface area (Å²) in [6.07, 6.45) is 20.3. The van der Waals surface area contributed by atoms with Crippen LogP contribution in [0.25, 0.3) is 11.1 Å². The first-order valence-corrected chi connectivity index (χ1v) is 20.7. The molecule has 2 aliphatic carbocycles. The fourth-order valence-corrected chi connectivity index (χ4v) is 8.10. The number of aliphatic hydroxyl groups is 1. The van der Waals surface area contributed by atoms with Crippen LogP contribution in [0, 0.1) is 23.7 Å². The molecule has 6 heteroatoms. The van der Waals surface area contributed by atoms with Crippen LogP contribution >= 0.6 is 22.6 Å². The quantitative estimate of drug-likeness (QED) is 0.0431. The van der Waals surface area contributed by atoms with Crippen LogP contribution in [0.15, 0.2) is 48.6 Å². The number of carbonyl (C=O) groups excluding carboxylic acids is 1. The molecule has 1 unspecified atom stereocenters. The van der Waals surface area contributed by atoms with Crippen molar-refractivity contribution < 1.29 is 14.6 Å². The van der Waals surface area contributed by atoms with Crippen molar-refractivity contribution in [2.75, 3.05) is 20.3 Å². The zero-order valence-electron chi connectivity index (χ0n) is 30.9. The molecule has 0 heterocycles. The van der Waals surface area contributed by atoms with Gasteiger partial charge in [0, 0.05) is 19.6 Å². The maximum absolute atomic E-state index is 9.65. The number of aryl methyl sites for hydroxylation is 3. The summed E-state index contributed by atoms with van der Waals surface area (Å²) in [7, 11) is 2.70. The van der Waals surface area contributed by atoms with E-state index in [9.17, 15) is 9.90 Å². The van der Waals surface area contributed by atoms with Gasteiger partial charge in [-0.1, -0.05) is 101 Å². The van der Waals surface area contributed by atoms with E-state index >= 15 is 0 Å². The van der Waals surface area contributed by atoms with Gasteiger partial charge in [0.1, 0.15) is 6.29 Å². The van der Waals surface area contributed by atoms with E-state index in [0.29, 0.717) is 18.1 Å². The first-order chi connectivity index (χ1) is 23.3. The van der Waals surface area contributed by atoms with Crippen molar-refractivity contribution in [3.8, 4) is 11.1 Å². The number of aldehydes is 1. The van der Waals surface area contributed by atoms with E-state index in [-0.39, 0.29) is 6.61 Å². The number of aliphatic hydroxyl groups excluding tert-OH is 1. The van der Waals surface area contributed by atoms with Gasteiger partial charge in [-0.3, -0.25) is 9.93 Å². The smallest absolute Gasteiger partial charge is 0.145 e. The third-order valence-electron chi connectivity index (χ3n) is 10.8. The van der Waals surface area contributed by atoms with Gasteiger partial charge in [-0.05, 0) is 151 Å². The molecule has 2 fully saturated rings. The van der Waals surface area contributed by atoms with E-state index in [1.165, 1.54) is 99.3 Å². The van der Waals surface area contributed by atoms with Crippen molar-refractivity contribution in [1.82, 2.24) is 0 Å². The Balaban J connectivity index is 0.000000900. The topological polar surface area (TPSA) is 72.5 Å². The van der Waals surface area contributed by atoms with Crippen molar-refractivity contribution >= 4 is 28.9 Å². The van der Waals surface area contributed by atoms with Crippen LogP contribution < -0.4 is 5.14 Å². The maximum Gasteiger partial charge on any atom is 0.145 e. The average Bonchev–Trinajstić information content (AvgIpc) is 3.12. The standard InChI is InChI=1S/C38H58O2.C4H6O.H3NS2/c1-5-8-9-10-32-19-20-37(24-30(32)6-2)38-22-21-36(25-31(38)7-3)35-17-15-34(16-18-35)33-13-11-28(12-14-33)23-29(26-39)27-40-4;1-4(2)3-5;1-3-2/h19-22,24-25,28-29,33-35,39H,5-18,23,26-27H2,1-4H3;3H,1H2,2H3;2H,1H2. The molecule has 3 N–H and O–H groups in total. The number of hydrogen-bond acceptors (Lipinski definition) is 6. The van der Waals surface area contributed by atoms with Crippen molar-refractivity contribution in [3.05, 3.63) is 70.8 Å². The number of benzene rings is 2. The van der Waals surface area contributed by atoms with E-state index < -0.39 is 0 Å². The monoisotopic (exact) mass is 697 g/mol. The van der Waals surface area contributed by atoms with Gasteiger partial charge in [0.25, 0.3) is 0 Å². The van der Waals surface area contributed by atoms with Crippen molar-refractivity contribution in [1.29, 1.82) is 0 Å². The highest BCUT2D eigenvalue weighted by Crippen LogP contribution is 2.45. The maximum atomic E-state index is 9.65. The number of methoxy groups -OCH3 is 1. The summed E-state index contributed by atoms with van der Waals surface area (Å²) >= 11 is 3.48. The van der Waals surface area contributed by atoms with Gasteiger partial charge in [0.15, 0.2) is 0 Å². The van der Waals surface area contributed by atoms with Crippen LogP contribution in [-0.2, 0) is 28.8 Å². The van der Waals surface area contributed by atoms with Crippen LogP contribution in [0.1, 0.15) is 133 Å². The Morgan fingerprint density at radius 1 is 0.958 bits per heavy atom. The molecule has 4 rings (SSSR count). The molecule has 0 spiro atoms. The molecule has 0 saturated heterocycles. The van der Waals surface area contributed by atoms with E-state index in [2.05, 4.69) is 80.5 Å². The van der Waals surface area contributed by atoms with Crippen molar-refractivity contribution in [2.24, 2.45) is 28.8 Å². The molecule has 0 bridgehead atoms. The predicted molar refractivity (Wildman–Crippen MR) is 213 cm³/mol. The van der Waals surface area contributed by atoms with Gasteiger partial charge in [-0.25, -0.2) is 0 Å². The SMILES string of the molecule is C=C(C)C=O.CCCCCc1ccc(-c2ccc(C3CCC(C4CCC(CC(CO)COC)CC4)CC3)cc2CC)cc1CC.NSS. The van der Waals surface area contributed by atoms with Crippen LogP contribution in [0.3, 0.4) is 0 Å². The third-order valence-corrected chi connectivity index (χ3v) is 10.8. The molecule has 2 aromatic rings. The lowest BCUT2D eigenvalue weighted by atomic mass is 9.67. The van der Waals surface area contributed by atoms with E-state index in [0.717, 1.165) is 60.2 Å². The molecule has 270 valence electrons. The zero-order valence-corrected chi connectivity index (χ0v) is 32.6. The summed E-state index contributed by atoms with van der Waals surface area (Å²) < 4.78 is 5.31. The highest BCUT2D eigenvalue weighted by Gasteiger charge is 2.32. The molecule has 2 saturated carbocycles. The highest BCUT2D eigenvalue weighted by atomic mass is 33.1. The summed E-state index contributed by atoms with van der Waals surface area (Å²) in [5.41, 5.74) is 9.63. The number of hydrogen-bond donors (Lipinski definition) is 3. The lowest BCUT2D eigenvalue weighted by molar-refractivity contribution is -0.104. The number of carbonyl (C=O) groups is 1. The molecule has 1 atom stereocenters. The van der Waals surface area contributed by atoms with E-state index in [1.54, 1.807) is 25.2 Å². The van der Waals surface area contributed by atoms with E-state index in [1.807, 2.05) is 0 Å². The normalized spacial score (nSPS) is 21.2. The summed E-state index contributed by atoms with van der Waals surface area (Å²) in [6, 6.07) is 14.7. The minimum atomic E-state index is 0.268. The molecule has 4 nitrogen and oxygen atoms in total. The average molecular weight is 698 g/mol. The Morgan fingerprint density at radius 2 is 1.56 bits per heavy atom. The van der Waals surface area contributed by atoms with Gasteiger partial charge in [-0.2, -0.15) is 0 Å². The molecular weight excluding hydrogens is 631 g/mol. The van der Waals surface area contributed by atoms with Gasteiger partial charge < -0.3 is 9.84 Å². The fourth-order valence-electron chi connectivity index (χ4n) is 8.10. The number of rotatable bonds is 15. The van der Waals surface area contributed by atoms with Crippen LogP contribution in [0.4, 0.5) is 0 Å². The number of unbranched alkanes of at least 4 members (excludes halogenated alkanes) is 2. The predicted octanol–water partition coefficient (Wildman–Crippen LogP) is 11.1. The molecule has 0 radical (unpaired) electrons. The van der Waals surface area contributed by atoms with Gasteiger partial charge in [0.2, 0.25) is 0 Å². The zero-order chi connectivity index (χ0) is 35.3. The van der Waals surface area contributed by atoms with Gasteiger partial charge in [-0.15, -0.1) is 0 Å². The van der Waals surface area contributed by atoms with Crippen LogP contribution in [0.2, 0.25) is 0 Å². The second-order valence-corrected chi connectivity index (χ2v) is 15.1. The summed E-state index contributed by atoms with van der Waals surface area (Å²) in [4.78, 5) is 9.41. The molecule has 2 aromatic carbocycles. The minimum absolute atomic E-state index is 0.268. The number of ether oxygens (including phenoxy) is 1. The van der Waals surface area contributed by atoms with Crippen LogP contribution in [0.5, 0.6) is 0 Å². The minimum Gasteiger partial charge on any atom is -0.396 e. The fraction of sp³-hybridized carbons (Fsp3) is 0.643. The molecule has 0 amide bonds. The Bertz CT molecular complexity index is 1190. The second kappa shape index (κ2) is 24.6. The second-order valence-electron chi connectivity index (χ2n) is 14.3. The largest absolute Gasteiger partial charge is 0.396 e. The molecule has 2 aliphatic rings. The van der Waals surface area contributed by atoms with Gasteiger partial charge >= 0.3 is 0 Å². The number of allylic oxidation sites excluding steroid dienone is 1. The Kier molecular flexibility index (Phi) is 21.8. The number of thiol groups is 1. The highest BCUT2D eigenvalue weighted by molar-refractivity contribution is 8.67. The number of nitrogens with two attached hydrogens (primary N) is 1. The third kappa shape index (κ3) is 14.3. The van der Waals surface area contributed by atoms with Gasteiger partial charge in [0.05, 0.1) is 6.61 Å². The molecule has 0 aromatic heterocycles. The lowest BCUT2D eigenvalue weighted by Gasteiger charge is -2.38. The molecule has 0 aliphatic heterocycles.